The van der Waals surface area contributed by atoms with Crippen LogP contribution in [0.15, 0.2) is 0 Å². The molecule has 3 N–H and O–H groups in total. The van der Waals surface area contributed by atoms with E-state index in [0.29, 0.717) is 25.7 Å². The second-order valence-corrected chi connectivity index (χ2v) is 27.8. The van der Waals surface area contributed by atoms with Crippen LogP contribution < -0.4 is 0 Å². The summed E-state index contributed by atoms with van der Waals surface area (Å²) in [5, 5.41) is 10.5. The number of phosphoric acid groups is 2. The third kappa shape index (κ3) is 56.6. The lowest BCUT2D eigenvalue weighted by Gasteiger charge is -2.21. The molecule has 84 heavy (non-hydrogen) atoms. The summed E-state index contributed by atoms with van der Waals surface area (Å²) in [6, 6.07) is 0. The Morgan fingerprint density at radius 3 is 0.845 bits per heavy atom. The Kier molecular flexibility index (Phi) is 53.9. The Labute approximate surface area is 511 Å². The minimum Gasteiger partial charge on any atom is -0.462 e. The standard InChI is InChI=1S/C65H126O17P2/c1-9-57(7)43-35-27-21-23-29-37-45-62(67)75-51-60(81-64(69)47-39-31-19-14-12-11-13-17-25-33-41-55(3)4)53-79-83(71,72)77-49-59(66)50-78-84(73,74)80-54-61(52-76-63(68)46-38-30-24-22-28-36-44-58(8)10-2)82-65(70)48-40-32-20-16-15-18-26-34-42-56(5)6/h55-61,66H,9-54H2,1-8H3,(H,71,72)(H,73,74)/t57?,58?,59-,60-,61-/m1/s1. The summed E-state index contributed by atoms with van der Waals surface area (Å²) in [7, 11) is -9.89. The van der Waals surface area contributed by atoms with Crippen molar-refractivity contribution in [2.24, 2.45) is 23.7 Å². The fourth-order valence-electron chi connectivity index (χ4n) is 9.54. The van der Waals surface area contributed by atoms with Crippen LogP contribution in [0.1, 0.15) is 312 Å². The van der Waals surface area contributed by atoms with E-state index in [-0.39, 0.29) is 25.7 Å². The van der Waals surface area contributed by atoms with Crippen molar-refractivity contribution in [3.05, 3.63) is 0 Å². The zero-order chi connectivity index (χ0) is 62.5. The first-order valence-electron chi connectivity index (χ1n) is 33.8. The molecule has 0 aliphatic heterocycles. The number of aliphatic hydroxyl groups is 1. The first-order chi connectivity index (χ1) is 40.2. The molecule has 0 saturated heterocycles. The lowest BCUT2D eigenvalue weighted by atomic mass is 10.00. The molecule has 0 aliphatic carbocycles. The first-order valence-corrected chi connectivity index (χ1v) is 36.8. The van der Waals surface area contributed by atoms with Gasteiger partial charge < -0.3 is 33.8 Å². The van der Waals surface area contributed by atoms with Gasteiger partial charge in [-0.2, -0.15) is 0 Å². The van der Waals surface area contributed by atoms with E-state index < -0.39 is 97.5 Å². The number of phosphoric ester groups is 2. The van der Waals surface area contributed by atoms with Crippen LogP contribution in [0.4, 0.5) is 0 Å². The Hall–Kier alpha value is -1.94. The molecule has 0 spiro atoms. The molecule has 0 fully saturated rings. The van der Waals surface area contributed by atoms with Gasteiger partial charge in [0.2, 0.25) is 0 Å². The van der Waals surface area contributed by atoms with E-state index in [0.717, 1.165) is 126 Å². The SMILES string of the molecule is CCC(C)CCCCCCCCC(=O)OC[C@H](COP(=O)(O)OC[C@@H](O)COP(=O)(O)OC[C@@H](COC(=O)CCCCCCCCC(C)CC)OC(=O)CCCCCCCCCCC(C)C)OC(=O)CCCCCCCCCCCCC(C)C. The summed E-state index contributed by atoms with van der Waals surface area (Å²) in [6.45, 7) is 14.0. The third-order valence-electron chi connectivity index (χ3n) is 15.5. The van der Waals surface area contributed by atoms with Gasteiger partial charge in [0.05, 0.1) is 26.4 Å². The van der Waals surface area contributed by atoms with Crippen LogP contribution in [-0.2, 0) is 65.4 Å². The fourth-order valence-corrected chi connectivity index (χ4v) is 11.1. The Balaban J connectivity index is 5.27. The van der Waals surface area contributed by atoms with Crippen molar-refractivity contribution in [3.8, 4) is 0 Å². The monoisotopic (exact) mass is 1240 g/mol. The summed E-state index contributed by atoms with van der Waals surface area (Å²) in [4.78, 5) is 72.3. The average Bonchev–Trinajstić information content (AvgIpc) is 3.46. The smallest absolute Gasteiger partial charge is 0.462 e. The van der Waals surface area contributed by atoms with Gasteiger partial charge in [0.25, 0.3) is 0 Å². The maximum atomic E-state index is 13.0. The third-order valence-corrected chi connectivity index (χ3v) is 17.4. The van der Waals surface area contributed by atoms with Gasteiger partial charge in [-0.1, -0.05) is 261 Å². The van der Waals surface area contributed by atoms with E-state index in [4.69, 9.17) is 37.0 Å². The van der Waals surface area contributed by atoms with Gasteiger partial charge in [0.15, 0.2) is 12.2 Å². The maximum absolute atomic E-state index is 13.0. The molecule has 0 radical (unpaired) electrons. The van der Waals surface area contributed by atoms with E-state index >= 15 is 0 Å². The summed E-state index contributed by atoms with van der Waals surface area (Å²) in [5.74, 6) is 0.792. The zero-order valence-electron chi connectivity index (χ0n) is 54.5. The highest BCUT2D eigenvalue weighted by Gasteiger charge is 2.30. The predicted octanol–water partition coefficient (Wildman–Crippen LogP) is 17.8. The van der Waals surface area contributed by atoms with Gasteiger partial charge in [-0.3, -0.25) is 37.3 Å². The molecule has 498 valence electrons. The number of ether oxygens (including phenoxy) is 4. The highest BCUT2D eigenvalue weighted by Crippen LogP contribution is 2.45. The van der Waals surface area contributed by atoms with Crippen LogP contribution in [0, 0.1) is 23.7 Å². The number of rotatable bonds is 62. The molecule has 0 aromatic rings. The Bertz CT molecular complexity index is 1680. The van der Waals surface area contributed by atoms with Crippen molar-refractivity contribution < 1.29 is 80.2 Å². The summed E-state index contributed by atoms with van der Waals surface area (Å²) in [6.07, 6.45) is 34.9. The molecule has 0 aromatic heterocycles. The molecule has 0 amide bonds. The molecule has 7 atom stereocenters. The van der Waals surface area contributed by atoms with Crippen LogP contribution in [0.3, 0.4) is 0 Å². The molecule has 19 heteroatoms. The van der Waals surface area contributed by atoms with Gasteiger partial charge in [0.1, 0.15) is 19.3 Å². The summed E-state index contributed by atoms with van der Waals surface area (Å²) >= 11 is 0. The molecule has 4 unspecified atom stereocenters. The van der Waals surface area contributed by atoms with Crippen LogP contribution in [0.25, 0.3) is 0 Å². The van der Waals surface area contributed by atoms with Gasteiger partial charge in [-0.25, -0.2) is 9.13 Å². The number of unbranched alkanes of at least 4 members (excludes halogenated alkanes) is 26. The van der Waals surface area contributed by atoms with E-state index in [2.05, 4.69) is 55.4 Å². The van der Waals surface area contributed by atoms with Crippen molar-refractivity contribution >= 4 is 39.5 Å². The van der Waals surface area contributed by atoms with E-state index in [1.165, 1.54) is 103 Å². The van der Waals surface area contributed by atoms with Crippen LogP contribution >= 0.6 is 15.6 Å². The van der Waals surface area contributed by atoms with Crippen molar-refractivity contribution in [2.75, 3.05) is 39.6 Å². The van der Waals surface area contributed by atoms with Crippen LogP contribution in [-0.4, -0.2) is 96.7 Å². The molecule has 0 bridgehead atoms. The quantitative estimate of drug-likeness (QED) is 0.0222. The van der Waals surface area contributed by atoms with Crippen molar-refractivity contribution in [2.45, 2.75) is 331 Å². The topological polar surface area (TPSA) is 237 Å². The van der Waals surface area contributed by atoms with Gasteiger partial charge >= 0.3 is 39.5 Å². The number of hydrogen-bond donors (Lipinski definition) is 3. The lowest BCUT2D eigenvalue weighted by molar-refractivity contribution is -0.161. The predicted molar refractivity (Wildman–Crippen MR) is 335 cm³/mol. The molecule has 0 heterocycles. The molecule has 0 rings (SSSR count). The Morgan fingerprint density at radius 1 is 0.333 bits per heavy atom. The second-order valence-electron chi connectivity index (χ2n) is 24.9. The molecule has 0 aromatic carbocycles. The summed E-state index contributed by atoms with van der Waals surface area (Å²) < 4.78 is 68.0. The summed E-state index contributed by atoms with van der Waals surface area (Å²) in [5.41, 5.74) is 0. The Morgan fingerprint density at radius 2 is 0.571 bits per heavy atom. The van der Waals surface area contributed by atoms with Crippen LogP contribution in [0.2, 0.25) is 0 Å². The molecular weight excluding hydrogens is 1110 g/mol. The number of esters is 4. The fraction of sp³-hybridized carbons (Fsp3) is 0.938. The molecule has 0 saturated carbocycles. The largest absolute Gasteiger partial charge is 0.472 e. The number of aliphatic hydroxyl groups excluding tert-OH is 1. The number of carbonyl (C=O) groups excluding carboxylic acids is 4. The van der Waals surface area contributed by atoms with Crippen molar-refractivity contribution in [1.29, 1.82) is 0 Å². The zero-order valence-corrected chi connectivity index (χ0v) is 56.3. The highest BCUT2D eigenvalue weighted by atomic mass is 31.2. The maximum Gasteiger partial charge on any atom is 0.472 e. The number of carbonyl (C=O) groups is 4. The number of hydrogen-bond acceptors (Lipinski definition) is 15. The van der Waals surface area contributed by atoms with Gasteiger partial charge in [-0.05, 0) is 49.4 Å². The average molecular weight is 1240 g/mol. The minimum absolute atomic E-state index is 0.103. The van der Waals surface area contributed by atoms with E-state index in [9.17, 15) is 43.2 Å². The molecule has 17 nitrogen and oxygen atoms in total. The molecule has 0 aliphatic rings. The minimum atomic E-state index is -4.95. The van der Waals surface area contributed by atoms with Crippen molar-refractivity contribution in [1.82, 2.24) is 0 Å². The normalized spacial score (nSPS) is 15.1. The molecular formula is C65H126O17P2. The van der Waals surface area contributed by atoms with E-state index in [1.807, 2.05) is 0 Å². The first kappa shape index (κ1) is 82.1. The van der Waals surface area contributed by atoms with Crippen LogP contribution in [0.5, 0.6) is 0 Å². The van der Waals surface area contributed by atoms with E-state index in [1.54, 1.807) is 0 Å². The van der Waals surface area contributed by atoms with Crippen molar-refractivity contribution in [3.63, 3.8) is 0 Å². The second kappa shape index (κ2) is 55.2. The van der Waals surface area contributed by atoms with Gasteiger partial charge in [0, 0.05) is 25.7 Å². The van der Waals surface area contributed by atoms with Gasteiger partial charge in [-0.15, -0.1) is 0 Å². The highest BCUT2D eigenvalue weighted by molar-refractivity contribution is 7.47. The lowest BCUT2D eigenvalue weighted by Crippen LogP contribution is -2.30.